The van der Waals surface area contributed by atoms with Gasteiger partial charge >= 0.3 is 0 Å². The zero-order valence-electron chi connectivity index (χ0n) is 12.2. The molecular weight excluding hydrogens is 298 g/mol. The first kappa shape index (κ1) is 14.5. The summed E-state index contributed by atoms with van der Waals surface area (Å²) in [5.41, 5.74) is 1.38. The van der Waals surface area contributed by atoms with Crippen molar-refractivity contribution >= 4 is 22.2 Å². The van der Waals surface area contributed by atoms with Gasteiger partial charge < -0.3 is 5.32 Å². The lowest BCUT2D eigenvalue weighted by atomic mass is 10.2. The minimum Gasteiger partial charge on any atom is -0.350 e. The lowest BCUT2D eigenvalue weighted by molar-refractivity contribution is 0.0941. The van der Waals surface area contributed by atoms with E-state index < -0.39 is 5.91 Å². The number of aromatic nitrogens is 2. The van der Waals surface area contributed by atoms with Gasteiger partial charge in [0, 0.05) is 17.6 Å². The number of amides is 1. The predicted molar refractivity (Wildman–Crippen MR) is 87.4 cm³/mol. The molecule has 2 aromatic heterocycles. The van der Waals surface area contributed by atoms with Crippen LogP contribution in [0.4, 0.5) is 0 Å². The highest BCUT2D eigenvalue weighted by atomic mass is 32.1. The molecule has 3 aromatic rings. The van der Waals surface area contributed by atoms with E-state index >= 15 is 0 Å². The summed E-state index contributed by atoms with van der Waals surface area (Å²) in [6.07, 6.45) is 1.35. The Morgan fingerprint density at radius 2 is 2.00 bits per heavy atom. The second kappa shape index (κ2) is 5.73. The van der Waals surface area contributed by atoms with Gasteiger partial charge in [-0.25, -0.2) is 4.98 Å². The molecule has 0 saturated carbocycles. The predicted octanol–water partition coefficient (Wildman–Crippen LogP) is 2.56. The van der Waals surface area contributed by atoms with Crippen molar-refractivity contribution in [2.24, 2.45) is 0 Å². The third-order valence-electron chi connectivity index (χ3n) is 3.18. The summed E-state index contributed by atoms with van der Waals surface area (Å²) in [5, 5.41) is 4.61. The van der Waals surface area contributed by atoms with Gasteiger partial charge in [-0.2, -0.15) is 0 Å². The van der Waals surface area contributed by atoms with Crippen molar-refractivity contribution in [3.05, 3.63) is 57.8 Å². The van der Waals surface area contributed by atoms with Crippen molar-refractivity contribution in [1.29, 1.82) is 0 Å². The molecule has 2 heterocycles. The smallest absolute Gasteiger partial charge is 0.271 e. The minimum absolute atomic E-state index is 0.0383. The number of carbonyl (C=O) groups is 1. The van der Waals surface area contributed by atoms with Crippen LogP contribution in [-0.4, -0.2) is 21.3 Å². The van der Waals surface area contributed by atoms with Crippen molar-refractivity contribution in [1.82, 2.24) is 14.7 Å². The topological polar surface area (TPSA) is 63.5 Å². The monoisotopic (exact) mass is 313 g/mol. The molecule has 1 aromatic carbocycles. The second-order valence-electron chi connectivity index (χ2n) is 5.21. The van der Waals surface area contributed by atoms with Crippen molar-refractivity contribution in [2.75, 3.05) is 0 Å². The van der Waals surface area contributed by atoms with Crippen LogP contribution in [0.3, 0.4) is 0 Å². The molecule has 0 atom stereocenters. The lowest BCUT2D eigenvalue weighted by Crippen LogP contribution is -2.35. The van der Waals surface area contributed by atoms with Gasteiger partial charge in [0.05, 0.1) is 5.69 Å². The summed E-state index contributed by atoms with van der Waals surface area (Å²) in [5.74, 6) is -0.396. The molecule has 0 aliphatic carbocycles. The fourth-order valence-electron chi connectivity index (χ4n) is 2.20. The quantitative estimate of drug-likeness (QED) is 0.808. The molecule has 3 rings (SSSR count). The van der Waals surface area contributed by atoms with Crippen LogP contribution in [0.25, 0.3) is 16.2 Å². The van der Waals surface area contributed by atoms with Crippen molar-refractivity contribution in [2.45, 2.75) is 19.9 Å². The van der Waals surface area contributed by atoms with Crippen molar-refractivity contribution in [3.63, 3.8) is 0 Å². The first-order valence-corrected chi connectivity index (χ1v) is 7.81. The van der Waals surface area contributed by atoms with E-state index in [4.69, 9.17) is 0 Å². The van der Waals surface area contributed by atoms with E-state index in [-0.39, 0.29) is 17.2 Å². The number of nitrogens with zero attached hydrogens (tertiary/aromatic N) is 2. The minimum atomic E-state index is -0.396. The van der Waals surface area contributed by atoms with Crippen LogP contribution in [0, 0.1) is 0 Å². The summed E-state index contributed by atoms with van der Waals surface area (Å²) >= 11 is 1.38. The number of hydrogen-bond donors (Lipinski definition) is 1. The van der Waals surface area contributed by atoms with E-state index in [0.29, 0.717) is 4.96 Å². The maximum Gasteiger partial charge on any atom is 0.271 e. The van der Waals surface area contributed by atoms with Gasteiger partial charge in [-0.05, 0) is 19.4 Å². The highest BCUT2D eigenvalue weighted by Gasteiger charge is 2.17. The Balaban J connectivity index is 2.18. The second-order valence-corrected chi connectivity index (χ2v) is 6.05. The first-order chi connectivity index (χ1) is 10.6. The van der Waals surface area contributed by atoms with Crippen LogP contribution < -0.4 is 10.9 Å². The molecule has 0 unspecified atom stereocenters. The van der Waals surface area contributed by atoms with Crippen LogP contribution in [0.2, 0.25) is 0 Å². The molecule has 6 heteroatoms. The van der Waals surface area contributed by atoms with E-state index in [1.165, 1.54) is 21.9 Å². The zero-order chi connectivity index (χ0) is 15.7. The van der Waals surface area contributed by atoms with E-state index in [2.05, 4.69) is 10.3 Å². The van der Waals surface area contributed by atoms with E-state index in [0.717, 1.165) is 11.3 Å². The summed E-state index contributed by atoms with van der Waals surface area (Å²) < 4.78 is 1.50. The van der Waals surface area contributed by atoms with Crippen LogP contribution in [0.5, 0.6) is 0 Å². The van der Waals surface area contributed by atoms with Crippen LogP contribution in [0.1, 0.15) is 24.2 Å². The van der Waals surface area contributed by atoms with Gasteiger partial charge in [-0.1, -0.05) is 30.3 Å². The van der Waals surface area contributed by atoms with E-state index in [9.17, 15) is 9.59 Å². The van der Waals surface area contributed by atoms with Gasteiger partial charge in [0.2, 0.25) is 0 Å². The molecule has 22 heavy (non-hydrogen) atoms. The average molecular weight is 313 g/mol. The Bertz CT molecular complexity index is 881. The number of nitrogens with one attached hydrogen (secondary N) is 1. The third-order valence-corrected chi connectivity index (χ3v) is 4.02. The van der Waals surface area contributed by atoms with Gasteiger partial charge in [0.1, 0.15) is 5.56 Å². The Labute approximate surface area is 131 Å². The Kier molecular flexibility index (Phi) is 3.77. The largest absolute Gasteiger partial charge is 0.350 e. The maximum atomic E-state index is 12.7. The molecule has 0 aliphatic heterocycles. The summed E-state index contributed by atoms with van der Waals surface area (Å²) in [4.78, 5) is 29.6. The lowest BCUT2D eigenvalue weighted by Gasteiger charge is -2.08. The highest BCUT2D eigenvalue weighted by Crippen LogP contribution is 2.23. The van der Waals surface area contributed by atoms with Crippen LogP contribution in [-0.2, 0) is 0 Å². The molecular formula is C16H15N3O2S. The molecule has 0 radical (unpaired) electrons. The fraction of sp³-hybridized carbons (Fsp3) is 0.188. The van der Waals surface area contributed by atoms with Crippen LogP contribution >= 0.6 is 11.3 Å². The molecule has 0 spiro atoms. The van der Waals surface area contributed by atoms with Crippen LogP contribution in [0.15, 0.2) is 46.7 Å². The van der Waals surface area contributed by atoms with Gasteiger partial charge in [-0.3, -0.25) is 14.0 Å². The number of benzene rings is 1. The van der Waals surface area contributed by atoms with Crippen molar-refractivity contribution in [3.8, 4) is 11.3 Å². The van der Waals surface area contributed by atoms with Gasteiger partial charge in [0.25, 0.3) is 11.5 Å². The molecule has 0 bridgehead atoms. The molecule has 0 aliphatic rings. The van der Waals surface area contributed by atoms with E-state index in [1.54, 1.807) is 0 Å². The molecule has 1 amide bonds. The summed E-state index contributed by atoms with van der Waals surface area (Å²) in [7, 11) is 0. The number of fused-ring (bicyclic) bond motifs is 1. The number of rotatable bonds is 3. The maximum absolute atomic E-state index is 12.7. The zero-order valence-corrected chi connectivity index (χ0v) is 13.1. The number of carbonyl (C=O) groups excluding carboxylic acids is 1. The molecule has 1 N–H and O–H groups in total. The van der Waals surface area contributed by atoms with Gasteiger partial charge in [-0.15, -0.1) is 11.3 Å². The molecule has 0 saturated heterocycles. The molecule has 112 valence electrons. The SMILES string of the molecule is CC(C)NC(=O)c1cnc2scc(-c3ccccc3)n2c1=O. The first-order valence-electron chi connectivity index (χ1n) is 6.93. The number of hydrogen-bond acceptors (Lipinski definition) is 4. The normalized spacial score (nSPS) is 11.0. The Hall–Kier alpha value is -2.47. The average Bonchev–Trinajstić information content (AvgIpc) is 2.92. The Morgan fingerprint density at radius 1 is 1.27 bits per heavy atom. The third kappa shape index (κ3) is 2.53. The standard InChI is InChI=1S/C16H15N3O2S/c1-10(2)18-14(20)12-8-17-16-19(15(12)21)13(9-22-16)11-6-4-3-5-7-11/h3-10H,1-2H3,(H,18,20). The van der Waals surface area contributed by atoms with Gasteiger partial charge in [0.15, 0.2) is 4.96 Å². The summed E-state index contributed by atoms with van der Waals surface area (Å²) in [6.45, 7) is 3.70. The fourth-order valence-corrected chi connectivity index (χ4v) is 3.06. The highest BCUT2D eigenvalue weighted by molar-refractivity contribution is 7.15. The number of thiazole rings is 1. The van der Waals surface area contributed by atoms with Crippen molar-refractivity contribution < 1.29 is 4.79 Å². The Morgan fingerprint density at radius 3 is 2.68 bits per heavy atom. The molecule has 0 fully saturated rings. The summed E-state index contributed by atoms with van der Waals surface area (Å²) in [6, 6.07) is 9.55. The van der Waals surface area contributed by atoms with E-state index in [1.807, 2.05) is 49.6 Å². The molecule has 5 nitrogen and oxygen atoms in total.